The van der Waals surface area contributed by atoms with Crippen molar-refractivity contribution in [2.75, 3.05) is 0 Å². The molecule has 0 aromatic carbocycles. The first-order valence-corrected chi connectivity index (χ1v) is 3.60. The van der Waals surface area contributed by atoms with Crippen LogP contribution >= 0.6 is 0 Å². The Balaban J connectivity index is 3.57. The third kappa shape index (κ3) is 7.00. The Morgan fingerprint density at radius 1 is 1.20 bits per heavy atom. The Bertz CT molecular complexity index is 164. The average molecular weight is 134 g/mol. The average Bonchev–Trinajstić information content (AvgIpc) is 1.97. The summed E-state index contributed by atoms with van der Waals surface area (Å²) in [7, 11) is 0. The largest absolute Gasteiger partial charge is 0.125 e. The molecule has 0 rings (SSSR count). The molecule has 54 valence electrons. The van der Waals surface area contributed by atoms with Gasteiger partial charge in [-0.3, -0.25) is 0 Å². The zero-order valence-corrected chi connectivity index (χ0v) is 6.67. The fourth-order valence-corrected chi connectivity index (χ4v) is 0.486. The van der Waals surface area contributed by atoms with Gasteiger partial charge >= 0.3 is 0 Å². The molecule has 0 N–H and O–H groups in total. The van der Waals surface area contributed by atoms with E-state index in [1.807, 2.05) is 37.3 Å². The van der Waals surface area contributed by atoms with Crippen LogP contribution in [0.15, 0.2) is 42.2 Å². The van der Waals surface area contributed by atoms with E-state index >= 15 is 0 Å². The van der Waals surface area contributed by atoms with Crippen LogP contribution in [0.25, 0.3) is 0 Å². The number of hydrogen-bond acceptors (Lipinski definition) is 0. The Morgan fingerprint density at radius 3 is 2.60 bits per heavy atom. The van der Waals surface area contributed by atoms with Crippen LogP contribution in [0, 0.1) is 0 Å². The molecular weight excluding hydrogens is 120 g/mol. The molecular formula is C10H14. The lowest BCUT2D eigenvalue weighted by molar-refractivity contribution is 1.22. The zero-order valence-electron chi connectivity index (χ0n) is 6.67. The maximum absolute atomic E-state index is 2.95. The Hall–Kier alpha value is -1.00. The molecule has 0 saturated carbocycles. The van der Waals surface area contributed by atoms with Crippen LogP contribution in [0.5, 0.6) is 0 Å². The van der Waals surface area contributed by atoms with Crippen LogP contribution in [0.2, 0.25) is 0 Å². The molecule has 0 aliphatic heterocycles. The molecule has 0 nitrogen and oxygen atoms in total. The van der Waals surface area contributed by atoms with E-state index in [4.69, 9.17) is 0 Å². The van der Waals surface area contributed by atoms with Gasteiger partial charge in [0, 0.05) is 0 Å². The molecule has 0 aromatic heterocycles. The van der Waals surface area contributed by atoms with Gasteiger partial charge in [0.05, 0.1) is 0 Å². The van der Waals surface area contributed by atoms with E-state index < -0.39 is 0 Å². The van der Waals surface area contributed by atoms with E-state index in [1.54, 1.807) is 0 Å². The molecule has 0 heteroatoms. The van der Waals surface area contributed by atoms with Crippen LogP contribution in [0.1, 0.15) is 20.3 Å². The first kappa shape index (κ1) is 9.00. The van der Waals surface area contributed by atoms with Gasteiger partial charge in [0.1, 0.15) is 0 Å². The predicted octanol–water partition coefficient (Wildman–Crippen LogP) is 3.24. The summed E-state index contributed by atoms with van der Waals surface area (Å²) in [4.78, 5) is 0. The normalized spacial score (nSPS) is 10.2. The molecule has 0 atom stereocenters. The molecule has 0 amide bonds. The summed E-state index contributed by atoms with van der Waals surface area (Å²) in [6, 6.07) is 0. The molecule has 0 fully saturated rings. The minimum atomic E-state index is 1.09. The van der Waals surface area contributed by atoms with Gasteiger partial charge in [0.25, 0.3) is 0 Å². The number of rotatable bonds is 3. The van der Waals surface area contributed by atoms with E-state index in [0.717, 1.165) is 6.42 Å². The van der Waals surface area contributed by atoms with Crippen LogP contribution in [-0.4, -0.2) is 0 Å². The zero-order chi connectivity index (χ0) is 7.66. The van der Waals surface area contributed by atoms with Crippen molar-refractivity contribution >= 4 is 0 Å². The maximum atomic E-state index is 2.95. The summed E-state index contributed by atoms with van der Waals surface area (Å²) in [5.41, 5.74) is 2.95. The molecule has 0 unspecified atom stereocenters. The second-order valence-corrected chi connectivity index (χ2v) is 1.84. The molecule has 0 spiro atoms. The molecule has 0 aliphatic carbocycles. The van der Waals surface area contributed by atoms with Crippen LogP contribution in [0.3, 0.4) is 0 Å². The standard InChI is InChI=1S/C10H14/c1-3-5-7-9-10-8-6-4-2/h3,6-10H,4H2,1-2H3/b8-6+,10-9+. The van der Waals surface area contributed by atoms with Crippen molar-refractivity contribution in [1.82, 2.24) is 0 Å². The summed E-state index contributed by atoms with van der Waals surface area (Å²) in [5.74, 6) is 0. The van der Waals surface area contributed by atoms with E-state index in [0.29, 0.717) is 0 Å². The highest BCUT2D eigenvalue weighted by Crippen LogP contribution is 1.81. The lowest BCUT2D eigenvalue weighted by Gasteiger charge is -1.71. The van der Waals surface area contributed by atoms with Crippen LogP contribution in [0.4, 0.5) is 0 Å². The fourth-order valence-electron chi connectivity index (χ4n) is 0.486. The summed E-state index contributed by atoms with van der Waals surface area (Å²) in [5, 5.41) is 0. The molecule has 0 aliphatic rings. The van der Waals surface area contributed by atoms with Crippen molar-refractivity contribution in [2.24, 2.45) is 0 Å². The number of hydrogen-bond donors (Lipinski definition) is 0. The molecule has 0 radical (unpaired) electrons. The molecule has 0 saturated heterocycles. The number of allylic oxidation sites excluding steroid dienone is 5. The lowest BCUT2D eigenvalue weighted by atomic mass is 10.4. The highest BCUT2D eigenvalue weighted by Gasteiger charge is 1.60. The van der Waals surface area contributed by atoms with Crippen LogP contribution < -0.4 is 0 Å². The van der Waals surface area contributed by atoms with Gasteiger partial charge in [-0.05, 0) is 25.5 Å². The summed E-state index contributed by atoms with van der Waals surface area (Å²) < 4.78 is 0. The van der Waals surface area contributed by atoms with Crippen molar-refractivity contribution < 1.29 is 0 Å². The van der Waals surface area contributed by atoms with Crippen molar-refractivity contribution in [1.29, 1.82) is 0 Å². The lowest BCUT2D eigenvalue weighted by Crippen LogP contribution is -1.50. The Morgan fingerprint density at radius 2 is 2.00 bits per heavy atom. The molecule has 10 heavy (non-hydrogen) atoms. The molecule has 0 aromatic rings. The third-order valence-electron chi connectivity index (χ3n) is 0.953. The molecule has 0 heterocycles. The minimum absolute atomic E-state index is 1.09. The topological polar surface area (TPSA) is 0 Å². The quantitative estimate of drug-likeness (QED) is 0.410. The van der Waals surface area contributed by atoms with Crippen molar-refractivity contribution in [3.05, 3.63) is 42.2 Å². The smallest absolute Gasteiger partial charge is 0.0203 e. The third-order valence-corrected chi connectivity index (χ3v) is 0.953. The summed E-state index contributed by atoms with van der Waals surface area (Å²) in [6.07, 6.45) is 13.0. The van der Waals surface area contributed by atoms with E-state index in [-0.39, 0.29) is 0 Å². The Kier molecular flexibility index (Phi) is 7.20. The molecule has 0 bridgehead atoms. The highest BCUT2D eigenvalue weighted by atomic mass is 13.7. The first-order chi connectivity index (χ1) is 4.91. The Labute approximate surface area is 63.3 Å². The van der Waals surface area contributed by atoms with Gasteiger partial charge in [-0.25, -0.2) is 0 Å². The van der Waals surface area contributed by atoms with Crippen LogP contribution in [-0.2, 0) is 0 Å². The van der Waals surface area contributed by atoms with Gasteiger partial charge in [-0.15, -0.1) is 5.73 Å². The second kappa shape index (κ2) is 8.00. The van der Waals surface area contributed by atoms with Crippen molar-refractivity contribution in [3.8, 4) is 0 Å². The van der Waals surface area contributed by atoms with E-state index in [9.17, 15) is 0 Å². The summed E-state index contributed by atoms with van der Waals surface area (Å²) >= 11 is 0. The fraction of sp³-hybridized carbons (Fsp3) is 0.300. The van der Waals surface area contributed by atoms with Gasteiger partial charge in [0.2, 0.25) is 0 Å². The van der Waals surface area contributed by atoms with Crippen molar-refractivity contribution in [3.63, 3.8) is 0 Å². The van der Waals surface area contributed by atoms with Gasteiger partial charge in [0.15, 0.2) is 0 Å². The van der Waals surface area contributed by atoms with Gasteiger partial charge < -0.3 is 0 Å². The van der Waals surface area contributed by atoms with Gasteiger partial charge in [-0.1, -0.05) is 31.2 Å². The SMILES string of the molecule is CC=C=C/C=C/C=C/CC. The van der Waals surface area contributed by atoms with Gasteiger partial charge in [-0.2, -0.15) is 0 Å². The predicted molar refractivity (Wildman–Crippen MR) is 46.9 cm³/mol. The highest BCUT2D eigenvalue weighted by molar-refractivity contribution is 5.10. The van der Waals surface area contributed by atoms with E-state index in [2.05, 4.69) is 18.7 Å². The summed E-state index contributed by atoms with van der Waals surface area (Å²) in [6.45, 7) is 4.07. The maximum Gasteiger partial charge on any atom is -0.0203 e. The minimum Gasteiger partial charge on any atom is -0.125 e. The van der Waals surface area contributed by atoms with Crippen molar-refractivity contribution in [2.45, 2.75) is 20.3 Å². The first-order valence-electron chi connectivity index (χ1n) is 3.60. The van der Waals surface area contributed by atoms with E-state index in [1.165, 1.54) is 0 Å². The monoisotopic (exact) mass is 134 g/mol. The second-order valence-electron chi connectivity index (χ2n) is 1.84.